The molecule has 3 aromatic rings. The summed E-state index contributed by atoms with van der Waals surface area (Å²) in [4.78, 5) is 17.6. The molecule has 0 radical (unpaired) electrons. The smallest absolute Gasteiger partial charge is 0.276 e. The van der Waals surface area contributed by atoms with Crippen LogP contribution in [-0.4, -0.2) is 22.3 Å². The minimum Gasteiger partial charge on any atom is -0.457 e. The first-order valence-electron chi connectivity index (χ1n) is 8.90. The molecule has 3 heterocycles. The highest BCUT2D eigenvalue weighted by atomic mass is 35.5. The van der Waals surface area contributed by atoms with E-state index in [4.69, 9.17) is 21.0 Å². The summed E-state index contributed by atoms with van der Waals surface area (Å²) in [5.74, 6) is 1.09. The summed E-state index contributed by atoms with van der Waals surface area (Å²) >= 11 is 7.35. The van der Waals surface area contributed by atoms with Gasteiger partial charge in [0.05, 0.1) is 5.36 Å². The number of amidine groups is 1. The van der Waals surface area contributed by atoms with Crippen LogP contribution in [0.3, 0.4) is 0 Å². The lowest BCUT2D eigenvalue weighted by Crippen LogP contribution is -2.50. The molecule has 8 heteroatoms. The SMILES string of the molecule is CSC1=NN2C(=c3ccccc3=NC2c2ccc(-c3ccc(Cl)cc3)o2)C(=O)N1. The molecule has 1 unspecified atom stereocenters. The third-order valence-electron chi connectivity index (χ3n) is 4.72. The summed E-state index contributed by atoms with van der Waals surface area (Å²) in [5, 5.41) is 11.7. The zero-order valence-corrected chi connectivity index (χ0v) is 16.9. The Morgan fingerprint density at radius 2 is 1.90 bits per heavy atom. The van der Waals surface area contributed by atoms with Crippen molar-refractivity contribution >= 4 is 40.1 Å². The Morgan fingerprint density at radius 3 is 2.69 bits per heavy atom. The van der Waals surface area contributed by atoms with Crippen LogP contribution in [0.4, 0.5) is 0 Å². The number of nitrogens with one attached hydrogen (secondary N) is 1. The fourth-order valence-electron chi connectivity index (χ4n) is 3.37. The summed E-state index contributed by atoms with van der Waals surface area (Å²) < 4.78 is 6.12. The van der Waals surface area contributed by atoms with Crippen LogP contribution in [0.25, 0.3) is 17.0 Å². The van der Waals surface area contributed by atoms with Gasteiger partial charge in [-0.05, 0) is 48.7 Å². The van der Waals surface area contributed by atoms with E-state index in [0.29, 0.717) is 27.4 Å². The van der Waals surface area contributed by atoms with Gasteiger partial charge >= 0.3 is 0 Å². The summed E-state index contributed by atoms with van der Waals surface area (Å²) in [6, 6.07) is 18.7. The zero-order valence-electron chi connectivity index (χ0n) is 15.3. The molecule has 0 saturated carbocycles. The Hall–Kier alpha value is -3.03. The van der Waals surface area contributed by atoms with Crippen LogP contribution in [0.1, 0.15) is 11.9 Å². The lowest BCUT2D eigenvalue weighted by atomic mass is 10.1. The van der Waals surface area contributed by atoms with Gasteiger partial charge in [-0.25, -0.2) is 10.0 Å². The zero-order chi connectivity index (χ0) is 20.0. The topological polar surface area (TPSA) is 70.2 Å². The van der Waals surface area contributed by atoms with Gasteiger partial charge in [-0.15, -0.1) is 5.10 Å². The van der Waals surface area contributed by atoms with Crippen LogP contribution in [0.2, 0.25) is 5.02 Å². The van der Waals surface area contributed by atoms with Gasteiger partial charge in [0.15, 0.2) is 10.9 Å². The summed E-state index contributed by atoms with van der Waals surface area (Å²) in [6.07, 6.45) is 1.29. The van der Waals surface area contributed by atoms with E-state index in [1.807, 2.05) is 66.9 Å². The second-order valence-corrected chi connectivity index (χ2v) is 7.72. The van der Waals surface area contributed by atoms with Crippen molar-refractivity contribution < 1.29 is 9.21 Å². The maximum Gasteiger partial charge on any atom is 0.276 e. The predicted molar refractivity (Wildman–Crippen MR) is 113 cm³/mol. The number of amides is 1. The normalized spacial score (nSPS) is 17.8. The highest BCUT2D eigenvalue weighted by molar-refractivity contribution is 8.13. The summed E-state index contributed by atoms with van der Waals surface area (Å²) in [5.41, 5.74) is 1.37. The standard InChI is InChI=1S/C21H15ClN4O2S/c1-29-21-24-20(27)18-14-4-2-3-5-15(14)23-19(26(18)25-21)17-11-10-16(28-17)12-6-8-13(22)9-7-12/h2-11,19H,1H3,(H,24,25,27). The van der Waals surface area contributed by atoms with Gasteiger partial charge in [0.25, 0.3) is 5.91 Å². The van der Waals surface area contributed by atoms with Gasteiger partial charge in [-0.2, -0.15) is 0 Å². The molecule has 2 aromatic carbocycles. The number of hydrazone groups is 1. The molecule has 0 bridgehead atoms. The first-order valence-corrected chi connectivity index (χ1v) is 10.5. The Labute approximate surface area is 175 Å². The van der Waals surface area contributed by atoms with Crippen LogP contribution in [-0.2, 0) is 4.79 Å². The van der Waals surface area contributed by atoms with Crippen molar-refractivity contribution in [1.29, 1.82) is 0 Å². The van der Waals surface area contributed by atoms with E-state index in [1.165, 1.54) is 11.8 Å². The third kappa shape index (κ3) is 3.12. The molecular formula is C21H15ClN4O2S. The second kappa shape index (κ2) is 7.09. The molecule has 1 atom stereocenters. The van der Waals surface area contributed by atoms with E-state index in [9.17, 15) is 4.79 Å². The van der Waals surface area contributed by atoms with E-state index >= 15 is 0 Å². The van der Waals surface area contributed by atoms with Gasteiger partial charge in [0.2, 0.25) is 6.17 Å². The Bertz CT molecular complexity index is 1270. The molecule has 2 aliphatic heterocycles. The first kappa shape index (κ1) is 18.0. The van der Waals surface area contributed by atoms with Crippen molar-refractivity contribution in [1.82, 2.24) is 10.3 Å². The number of rotatable bonds is 2. The van der Waals surface area contributed by atoms with E-state index in [2.05, 4.69) is 10.4 Å². The number of benzene rings is 2. The van der Waals surface area contributed by atoms with Crippen molar-refractivity contribution in [3.05, 3.63) is 82.0 Å². The van der Waals surface area contributed by atoms with Gasteiger partial charge < -0.3 is 4.42 Å². The fraction of sp³-hybridized carbons (Fsp3) is 0.0952. The molecule has 1 aromatic heterocycles. The molecule has 144 valence electrons. The number of furan rings is 1. The summed E-state index contributed by atoms with van der Waals surface area (Å²) in [6.45, 7) is 0. The Balaban J connectivity index is 1.65. The lowest BCUT2D eigenvalue weighted by molar-refractivity contribution is -0.116. The average molecular weight is 423 g/mol. The molecule has 5 rings (SSSR count). The second-order valence-electron chi connectivity index (χ2n) is 6.49. The number of hydrogen-bond donors (Lipinski definition) is 1. The molecule has 2 aliphatic rings. The number of nitrogens with zero attached hydrogens (tertiary/aromatic N) is 3. The number of halogens is 1. The molecule has 0 fully saturated rings. The van der Waals surface area contributed by atoms with Crippen molar-refractivity contribution in [2.75, 3.05) is 6.26 Å². The van der Waals surface area contributed by atoms with Crippen LogP contribution in [0.15, 0.2) is 75.2 Å². The molecular weight excluding hydrogens is 408 g/mol. The number of carbonyl (C=O) groups is 1. The summed E-state index contributed by atoms with van der Waals surface area (Å²) in [7, 11) is 0. The molecule has 0 saturated heterocycles. The van der Waals surface area contributed by atoms with E-state index in [1.54, 1.807) is 5.01 Å². The van der Waals surface area contributed by atoms with Gasteiger partial charge in [-0.1, -0.05) is 41.6 Å². The van der Waals surface area contributed by atoms with E-state index in [0.717, 1.165) is 16.1 Å². The minimum absolute atomic E-state index is 0.207. The molecule has 1 amide bonds. The number of hydrogen-bond acceptors (Lipinski definition) is 6. The molecule has 0 aliphatic carbocycles. The molecule has 0 spiro atoms. The highest BCUT2D eigenvalue weighted by Gasteiger charge is 2.35. The monoisotopic (exact) mass is 422 g/mol. The fourth-order valence-corrected chi connectivity index (χ4v) is 3.86. The van der Waals surface area contributed by atoms with Crippen LogP contribution in [0, 0.1) is 0 Å². The highest BCUT2D eigenvalue weighted by Crippen LogP contribution is 2.34. The maximum absolute atomic E-state index is 12.8. The van der Waals surface area contributed by atoms with Crippen LogP contribution >= 0.6 is 23.4 Å². The van der Waals surface area contributed by atoms with E-state index < -0.39 is 6.17 Å². The van der Waals surface area contributed by atoms with Crippen molar-refractivity contribution in [2.24, 2.45) is 10.1 Å². The van der Waals surface area contributed by atoms with Gasteiger partial charge in [0.1, 0.15) is 11.5 Å². The molecule has 29 heavy (non-hydrogen) atoms. The largest absolute Gasteiger partial charge is 0.457 e. The quantitative estimate of drug-likeness (QED) is 0.689. The van der Waals surface area contributed by atoms with Crippen molar-refractivity contribution in [2.45, 2.75) is 6.17 Å². The molecule has 6 nitrogen and oxygen atoms in total. The molecule has 1 N–H and O–H groups in total. The number of thioether (sulfide) groups is 1. The third-order valence-corrected chi connectivity index (χ3v) is 5.54. The average Bonchev–Trinajstić information content (AvgIpc) is 3.23. The van der Waals surface area contributed by atoms with E-state index in [-0.39, 0.29) is 5.91 Å². The first-order chi connectivity index (χ1) is 14.1. The minimum atomic E-state index is -0.575. The Kier molecular flexibility index (Phi) is 4.41. The van der Waals surface area contributed by atoms with Crippen LogP contribution in [0.5, 0.6) is 0 Å². The number of para-hydroxylation sites is 1. The van der Waals surface area contributed by atoms with Crippen molar-refractivity contribution in [3.8, 4) is 11.3 Å². The number of fused-ring (bicyclic) bond motifs is 2. The number of carbonyl (C=O) groups excluding carboxylic acids is 1. The maximum atomic E-state index is 12.8. The Morgan fingerprint density at radius 1 is 1.10 bits per heavy atom. The lowest BCUT2D eigenvalue weighted by Gasteiger charge is -2.32. The van der Waals surface area contributed by atoms with Crippen molar-refractivity contribution in [3.63, 3.8) is 0 Å². The van der Waals surface area contributed by atoms with Crippen LogP contribution < -0.4 is 15.9 Å². The van der Waals surface area contributed by atoms with Gasteiger partial charge in [0, 0.05) is 15.8 Å². The van der Waals surface area contributed by atoms with Gasteiger partial charge in [-0.3, -0.25) is 10.1 Å². The predicted octanol–water partition coefficient (Wildman–Crippen LogP) is 3.11.